The number of amides is 2. The molecule has 0 aromatic heterocycles. The van der Waals surface area contributed by atoms with Gasteiger partial charge >= 0.3 is 5.97 Å². The molecule has 0 aliphatic carbocycles. The summed E-state index contributed by atoms with van der Waals surface area (Å²) in [6.45, 7) is 1.97. The first-order chi connectivity index (χ1) is 8.86. The molecule has 0 saturated carbocycles. The summed E-state index contributed by atoms with van der Waals surface area (Å²) in [5.41, 5.74) is 4.92. The molecule has 0 spiro atoms. The molecule has 1 unspecified atom stereocenters. The summed E-state index contributed by atoms with van der Waals surface area (Å²) in [5, 5.41) is 20.7. The third-order valence-electron chi connectivity index (χ3n) is 2.62. The van der Waals surface area contributed by atoms with Gasteiger partial charge in [-0.05, 0) is 12.8 Å². The maximum Gasteiger partial charge on any atom is 0.326 e. The molecule has 2 atom stereocenters. The van der Waals surface area contributed by atoms with Crippen LogP contribution in [0.25, 0.3) is 0 Å². The molecule has 0 radical (unpaired) electrons. The predicted octanol–water partition coefficient (Wildman–Crippen LogP) is -0.237. The first-order valence-corrected chi connectivity index (χ1v) is 6.35. The molecule has 0 bridgehead atoms. The van der Waals surface area contributed by atoms with Crippen molar-refractivity contribution in [1.29, 1.82) is 0 Å². The number of carbonyl (C=O) groups excluding carboxylic acids is 2. The smallest absolute Gasteiger partial charge is 0.326 e. The van der Waals surface area contributed by atoms with Crippen LogP contribution in [0.1, 0.15) is 45.4 Å². The average Bonchev–Trinajstić information content (AvgIpc) is 2.31. The first-order valence-electron chi connectivity index (χ1n) is 6.35. The van der Waals surface area contributed by atoms with Gasteiger partial charge in [0.2, 0.25) is 11.8 Å². The number of aliphatic hydroxyl groups is 1. The molecule has 7 heteroatoms. The van der Waals surface area contributed by atoms with Crippen molar-refractivity contribution in [2.24, 2.45) is 5.73 Å². The predicted molar refractivity (Wildman–Crippen MR) is 68.1 cm³/mol. The lowest BCUT2D eigenvalue weighted by Gasteiger charge is -2.15. The van der Waals surface area contributed by atoms with Gasteiger partial charge < -0.3 is 21.3 Å². The van der Waals surface area contributed by atoms with Gasteiger partial charge in [0.25, 0.3) is 0 Å². The van der Waals surface area contributed by atoms with Crippen molar-refractivity contribution in [3.63, 3.8) is 0 Å². The maximum absolute atomic E-state index is 11.5. The van der Waals surface area contributed by atoms with E-state index >= 15 is 0 Å². The molecular formula is C12H22N2O5. The SMILES string of the molecule is CCCCC(O)CC(=O)N[C@@H](CCC(N)=O)C(=O)O. The lowest BCUT2D eigenvalue weighted by molar-refractivity contribution is -0.142. The van der Waals surface area contributed by atoms with Crippen LogP contribution in [0.4, 0.5) is 0 Å². The molecule has 0 aliphatic rings. The fourth-order valence-electron chi connectivity index (χ4n) is 1.55. The van der Waals surface area contributed by atoms with Crippen LogP contribution in [0.15, 0.2) is 0 Å². The van der Waals surface area contributed by atoms with Crippen molar-refractivity contribution in [3.8, 4) is 0 Å². The number of nitrogens with two attached hydrogens (primary N) is 1. The molecule has 0 heterocycles. The zero-order chi connectivity index (χ0) is 14.8. The number of aliphatic carboxylic acids is 1. The number of rotatable bonds is 10. The maximum atomic E-state index is 11.5. The molecule has 0 aromatic rings. The molecule has 0 aliphatic heterocycles. The van der Waals surface area contributed by atoms with Gasteiger partial charge in [0.1, 0.15) is 6.04 Å². The van der Waals surface area contributed by atoms with Crippen molar-refractivity contribution in [1.82, 2.24) is 5.32 Å². The van der Waals surface area contributed by atoms with Crippen molar-refractivity contribution < 1.29 is 24.6 Å². The summed E-state index contributed by atoms with van der Waals surface area (Å²) in [6, 6.07) is -1.15. The normalized spacial score (nSPS) is 13.6. The Bertz CT molecular complexity index is 319. The van der Waals surface area contributed by atoms with Gasteiger partial charge in [0.15, 0.2) is 0 Å². The molecule has 7 nitrogen and oxygen atoms in total. The van der Waals surface area contributed by atoms with Gasteiger partial charge in [0.05, 0.1) is 12.5 Å². The lowest BCUT2D eigenvalue weighted by Crippen LogP contribution is -2.42. The number of nitrogens with one attached hydrogen (secondary N) is 1. The van der Waals surface area contributed by atoms with E-state index in [0.717, 1.165) is 12.8 Å². The number of carboxylic acid groups (broad SMARTS) is 1. The number of hydrogen-bond acceptors (Lipinski definition) is 4. The topological polar surface area (TPSA) is 130 Å². The van der Waals surface area contributed by atoms with Crippen LogP contribution in [-0.2, 0) is 14.4 Å². The summed E-state index contributed by atoms with van der Waals surface area (Å²) >= 11 is 0. The monoisotopic (exact) mass is 274 g/mol. The van der Waals surface area contributed by atoms with Gasteiger partial charge in [-0.2, -0.15) is 0 Å². The van der Waals surface area contributed by atoms with Gasteiger partial charge in [-0.15, -0.1) is 0 Å². The Balaban J connectivity index is 4.16. The van der Waals surface area contributed by atoms with Crippen LogP contribution in [0, 0.1) is 0 Å². The highest BCUT2D eigenvalue weighted by atomic mass is 16.4. The van der Waals surface area contributed by atoms with Crippen LogP contribution < -0.4 is 11.1 Å². The Morgan fingerprint density at radius 1 is 1.26 bits per heavy atom. The van der Waals surface area contributed by atoms with E-state index in [1.807, 2.05) is 6.92 Å². The van der Waals surface area contributed by atoms with E-state index in [1.54, 1.807) is 0 Å². The van der Waals surface area contributed by atoms with E-state index in [4.69, 9.17) is 10.8 Å². The highest BCUT2D eigenvalue weighted by molar-refractivity contribution is 5.84. The standard InChI is InChI=1S/C12H22N2O5/c1-2-3-4-8(15)7-11(17)14-9(12(18)19)5-6-10(13)16/h8-9,15H,2-7H2,1H3,(H2,13,16)(H,14,17)(H,18,19)/t8?,9-/m0/s1. The summed E-state index contributed by atoms with van der Waals surface area (Å²) in [6.07, 6.45) is 1.14. The Labute approximate surface area is 112 Å². The Morgan fingerprint density at radius 3 is 2.37 bits per heavy atom. The molecular weight excluding hydrogens is 252 g/mol. The second kappa shape index (κ2) is 9.32. The third kappa shape index (κ3) is 9.01. The van der Waals surface area contributed by atoms with Crippen LogP contribution in [-0.4, -0.2) is 40.1 Å². The number of carbonyl (C=O) groups is 3. The van der Waals surface area contributed by atoms with E-state index in [2.05, 4.69) is 5.32 Å². The molecule has 110 valence electrons. The first kappa shape index (κ1) is 17.4. The molecule has 0 aromatic carbocycles. The van der Waals surface area contributed by atoms with Crippen molar-refractivity contribution in [2.75, 3.05) is 0 Å². The lowest BCUT2D eigenvalue weighted by atomic mass is 10.1. The largest absolute Gasteiger partial charge is 0.480 e. The molecule has 5 N–H and O–H groups in total. The second-order valence-electron chi connectivity index (χ2n) is 4.46. The van der Waals surface area contributed by atoms with Gasteiger partial charge in [0, 0.05) is 6.42 Å². The third-order valence-corrected chi connectivity index (χ3v) is 2.62. The number of aliphatic hydroxyl groups excluding tert-OH is 1. The summed E-state index contributed by atoms with van der Waals surface area (Å²) in [4.78, 5) is 33.0. The van der Waals surface area contributed by atoms with Crippen LogP contribution in [0.5, 0.6) is 0 Å². The van der Waals surface area contributed by atoms with Gasteiger partial charge in [-0.3, -0.25) is 9.59 Å². The minimum Gasteiger partial charge on any atom is -0.480 e. The van der Waals surface area contributed by atoms with E-state index in [-0.39, 0.29) is 19.3 Å². The highest BCUT2D eigenvalue weighted by Gasteiger charge is 2.21. The average molecular weight is 274 g/mol. The Kier molecular flexibility index (Phi) is 8.52. The van der Waals surface area contributed by atoms with Crippen molar-refractivity contribution in [3.05, 3.63) is 0 Å². The second-order valence-corrected chi connectivity index (χ2v) is 4.46. The molecule has 0 fully saturated rings. The summed E-state index contributed by atoms with van der Waals surface area (Å²) in [5.74, 6) is -2.39. The number of primary amides is 1. The van der Waals surface area contributed by atoms with E-state index in [9.17, 15) is 19.5 Å². The zero-order valence-electron chi connectivity index (χ0n) is 11.1. The van der Waals surface area contributed by atoms with Crippen molar-refractivity contribution in [2.45, 2.75) is 57.6 Å². The fourth-order valence-corrected chi connectivity index (χ4v) is 1.55. The molecule has 0 saturated heterocycles. The number of carboxylic acids is 1. The number of unbranched alkanes of at least 4 members (excludes halogenated alkanes) is 1. The summed E-state index contributed by atoms with van der Waals surface area (Å²) < 4.78 is 0. The van der Waals surface area contributed by atoms with E-state index in [0.29, 0.717) is 6.42 Å². The minimum absolute atomic E-state index is 0.0541. The van der Waals surface area contributed by atoms with Crippen LogP contribution >= 0.6 is 0 Å². The molecule has 19 heavy (non-hydrogen) atoms. The van der Waals surface area contributed by atoms with Gasteiger partial charge in [-0.1, -0.05) is 19.8 Å². The molecule has 2 amide bonds. The summed E-state index contributed by atoms with van der Waals surface area (Å²) in [7, 11) is 0. The van der Waals surface area contributed by atoms with Crippen LogP contribution in [0.3, 0.4) is 0 Å². The minimum atomic E-state index is -1.22. The van der Waals surface area contributed by atoms with Crippen LogP contribution in [0.2, 0.25) is 0 Å². The van der Waals surface area contributed by atoms with E-state index < -0.39 is 29.9 Å². The van der Waals surface area contributed by atoms with Gasteiger partial charge in [-0.25, -0.2) is 4.79 Å². The molecule has 0 rings (SSSR count). The Morgan fingerprint density at radius 2 is 1.89 bits per heavy atom. The zero-order valence-corrected chi connectivity index (χ0v) is 11.1. The highest BCUT2D eigenvalue weighted by Crippen LogP contribution is 2.05. The Hall–Kier alpha value is -1.63. The number of hydrogen-bond donors (Lipinski definition) is 4. The fraction of sp³-hybridized carbons (Fsp3) is 0.750. The van der Waals surface area contributed by atoms with E-state index in [1.165, 1.54) is 0 Å². The quantitative estimate of drug-likeness (QED) is 0.437. The van der Waals surface area contributed by atoms with Crippen molar-refractivity contribution >= 4 is 17.8 Å².